The lowest BCUT2D eigenvalue weighted by Gasteiger charge is -2.12. The molecule has 0 saturated heterocycles. The number of rotatable bonds is 4. The van der Waals surface area contributed by atoms with Crippen molar-refractivity contribution in [1.82, 2.24) is 0 Å². The molecule has 2 rings (SSSR count). The Labute approximate surface area is 154 Å². The Balaban J connectivity index is 2.00. The molecular weight excluding hydrogens is 401 g/mol. The molecule has 0 unspecified atom stereocenters. The molecule has 1 N–H and O–H groups in total. The standard InChI is InChI=1S/C16H9Cl2F4NO3/c17-10-3-2-9(16(20,21)22)6-13(10)23-14(24)7-26-15(25)8-1-4-12(19)11(18)5-8/h1-6H,7H2,(H,23,24). The number of benzene rings is 2. The Morgan fingerprint density at radius 3 is 2.35 bits per heavy atom. The van der Waals surface area contributed by atoms with Gasteiger partial charge < -0.3 is 10.1 Å². The molecule has 138 valence electrons. The summed E-state index contributed by atoms with van der Waals surface area (Å²) in [6, 6.07) is 5.46. The average molecular weight is 410 g/mol. The minimum atomic E-state index is -4.61. The van der Waals surface area contributed by atoms with Crippen LogP contribution in [0, 0.1) is 5.82 Å². The molecular formula is C16H9Cl2F4NO3. The third-order valence-corrected chi connectivity index (χ3v) is 3.68. The van der Waals surface area contributed by atoms with Crippen LogP contribution in [0.4, 0.5) is 23.2 Å². The van der Waals surface area contributed by atoms with Gasteiger partial charge in [-0.25, -0.2) is 9.18 Å². The number of nitrogens with one attached hydrogen (secondary N) is 1. The number of alkyl halides is 3. The van der Waals surface area contributed by atoms with Crippen LogP contribution < -0.4 is 5.32 Å². The van der Waals surface area contributed by atoms with Gasteiger partial charge in [0.2, 0.25) is 0 Å². The van der Waals surface area contributed by atoms with Crippen LogP contribution >= 0.6 is 23.2 Å². The van der Waals surface area contributed by atoms with Gasteiger partial charge in [-0.1, -0.05) is 23.2 Å². The SMILES string of the molecule is O=C(COC(=O)c1ccc(F)c(Cl)c1)Nc1cc(C(F)(F)F)ccc1Cl. The highest BCUT2D eigenvalue weighted by atomic mass is 35.5. The average Bonchev–Trinajstić information content (AvgIpc) is 2.56. The second-order valence-electron chi connectivity index (χ2n) is 4.95. The smallest absolute Gasteiger partial charge is 0.416 e. The fraction of sp³-hybridized carbons (Fsp3) is 0.125. The number of ether oxygens (including phenoxy) is 1. The Bertz CT molecular complexity index is 856. The zero-order chi connectivity index (χ0) is 19.5. The third kappa shape index (κ3) is 5.09. The highest BCUT2D eigenvalue weighted by Gasteiger charge is 2.31. The molecule has 0 fully saturated rings. The fourth-order valence-electron chi connectivity index (χ4n) is 1.82. The van der Waals surface area contributed by atoms with E-state index in [9.17, 15) is 27.2 Å². The predicted molar refractivity (Wildman–Crippen MR) is 86.8 cm³/mol. The molecule has 1 amide bonds. The van der Waals surface area contributed by atoms with E-state index >= 15 is 0 Å². The van der Waals surface area contributed by atoms with E-state index in [1.165, 1.54) is 0 Å². The third-order valence-electron chi connectivity index (χ3n) is 3.06. The van der Waals surface area contributed by atoms with Crippen molar-refractivity contribution >= 4 is 40.8 Å². The number of halogens is 6. The molecule has 0 aliphatic rings. The van der Waals surface area contributed by atoms with E-state index < -0.39 is 36.0 Å². The van der Waals surface area contributed by atoms with Crippen LogP contribution in [-0.2, 0) is 15.7 Å². The summed E-state index contributed by atoms with van der Waals surface area (Å²) in [6.45, 7) is -0.791. The van der Waals surface area contributed by atoms with Gasteiger partial charge in [0, 0.05) is 0 Å². The molecule has 4 nitrogen and oxygen atoms in total. The number of amides is 1. The van der Waals surface area contributed by atoms with Crippen LogP contribution in [0.15, 0.2) is 36.4 Å². The number of carbonyl (C=O) groups excluding carboxylic acids is 2. The summed E-state index contributed by atoms with van der Waals surface area (Å²) in [5, 5.41) is 1.69. The number of carbonyl (C=O) groups is 2. The Morgan fingerprint density at radius 2 is 1.73 bits per heavy atom. The maximum absolute atomic E-state index is 13.0. The summed E-state index contributed by atoms with van der Waals surface area (Å²) >= 11 is 11.3. The van der Waals surface area contributed by atoms with Gasteiger partial charge in [-0.2, -0.15) is 13.2 Å². The molecule has 2 aromatic carbocycles. The lowest BCUT2D eigenvalue weighted by Crippen LogP contribution is -2.21. The van der Waals surface area contributed by atoms with Crippen molar-refractivity contribution in [2.75, 3.05) is 11.9 Å². The zero-order valence-electron chi connectivity index (χ0n) is 12.7. The van der Waals surface area contributed by atoms with E-state index in [0.29, 0.717) is 6.07 Å². The number of hydrogen-bond donors (Lipinski definition) is 1. The molecule has 2 aromatic rings. The van der Waals surface area contributed by atoms with E-state index in [1.807, 2.05) is 0 Å². The van der Waals surface area contributed by atoms with Crippen molar-refractivity contribution in [1.29, 1.82) is 0 Å². The monoisotopic (exact) mass is 409 g/mol. The van der Waals surface area contributed by atoms with Gasteiger partial charge in [-0.3, -0.25) is 4.79 Å². The van der Waals surface area contributed by atoms with E-state index in [0.717, 1.165) is 30.3 Å². The van der Waals surface area contributed by atoms with Gasteiger partial charge in [-0.15, -0.1) is 0 Å². The molecule has 0 bridgehead atoms. The zero-order valence-corrected chi connectivity index (χ0v) is 14.2. The minimum Gasteiger partial charge on any atom is -0.452 e. The van der Waals surface area contributed by atoms with Gasteiger partial charge in [0.05, 0.1) is 26.9 Å². The largest absolute Gasteiger partial charge is 0.452 e. The summed E-state index contributed by atoms with van der Waals surface area (Å²) < 4.78 is 55.8. The summed E-state index contributed by atoms with van der Waals surface area (Å²) in [4.78, 5) is 23.5. The summed E-state index contributed by atoms with van der Waals surface area (Å²) in [6.07, 6.45) is -4.61. The highest BCUT2D eigenvalue weighted by molar-refractivity contribution is 6.33. The molecule has 0 spiro atoms. The van der Waals surface area contributed by atoms with Gasteiger partial charge in [0.1, 0.15) is 5.82 Å². The highest BCUT2D eigenvalue weighted by Crippen LogP contribution is 2.33. The number of hydrogen-bond acceptors (Lipinski definition) is 3. The van der Waals surface area contributed by atoms with Crippen molar-refractivity contribution in [2.45, 2.75) is 6.18 Å². The molecule has 10 heteroatoms. The Hall–Kier alpha value is -2.32. The van der Waals surface area contributed by atoms with Crippen LogP contribution in [0.3, 0.4) is 0 Å². The molecule has 0 aliphatic carbocycles. The minimum absolute atomic E-state index is 0.0960. The van der Waals surface area contributed by atoms with Crippen LogP contribution in [0.25, 0.3) is 0 Å². The van der Waals surface area contributed by atoms with Crippen molar-refractivity contribution in [3.63, 3.8) is 0 Å². The van der Waals surface area contributed by atoms with E-state index in [4.69, 9.17) is 27.9 Å². The first-order valence-corrected chi connectivity index (χ1v) is 7.62. The summed E-state index contributed by atoms with van der Waals surface area (Å²) in [5.74, 6) is -2.61. The molecule has 0 aliphatic heterocycles. The first kappa shape index (κ1) is 20.0. The lowest BCUT2D eigenvalue weighted by atomic mass is 10.2. The van der Waals surface area contributed by atoms with Crippen molar-refractivity contribution in [3.8, 4) is 0 Å². The van der Waals surface area contributed by atoms with Crippen LogP contribution in [0.5, 0.6) is 0 Å². The van der Waals surface area contributed by atoms with Gasteiger partial charge in [0.25, 0.3) is 5.91 Å². The maximum atomic E-state index is 13.0. The quantitative estimate of drug-likeness (QED) is 0.574. The van der Waals surface area contributed by atoms with E-state index in [-0.39, 0.29) is 21.3 Å². The topological polar surface area (TPSA) is 55.4 Å². The molecule has 0 saturated carbocycles. The van der Waals surface area contributed by atoms with Crippen molar-refractivity contribution in [3.05, 3.63) is 63.4 Å². The first-order valence-electron chi connectivity index (χ1n) is 6.86. The molecule has 0 heterocycles. The number of esters is 1. The predicted octanol–water partition coefficient (Wildman–Crippen LogP) is 4.95. The lowest BCUT2D eigenvalue weighted by molar-refractivity contribution is -0.137. The Morgan fingerprint density at radius 1 is 1.04 bits per heavy atom. The molecule has 0 atom stereocenters. The molecule has 0 radical (unpaired) electrons. The Kier molecular flexibility index (Phi) is 6.09. The fourth-order valence-corrected chi connectivity index (χ4v) is 2.17. The maximum Gasteiger partial charge on any atom is 0.416 e. The van der Waals surface area contributed by atoms with Crippen molar-refractivity contribution in [2.24, 2.45) is 0 Å². The van der Waals surface area contributed by atoms with E-state index in [2.05, 4.69) is 5.32 Å². The second kappa shape index (κ2) is 7.92. The van der Waals surface area contributed by atoms with Gasteiger partial charge >= 0.3 is 12.1 Å². The summed E-state index contributed by atoms with van der Waals surface area (Å²) in [7, 11) is 0. The van der Waals surface area contributed by atoms with E-state index in [1.54, 1.807) is 0 Å². The summed E-state index contributed by atoms with van der Waals surface area (Å²) in [5.41, 5.74) is -1.39. The normalized spacial score (nSPS) is 11.2. The second-order valence-corrected chi connectivity index (χ2v) is 5.76. The molecule has 0 aromatic heterocycles. The molecule has 26 heavy (non-hydrogen) atoms. The first-order chi connectivity index (χ1) is 12.1. The van der Waals surface area contributed by atoms with Crippen molar-refractivity contribution < 1.29 is 31.9 Å². The van der Waals surface area contributed by atoms with Gasteiger partial charge in [0.15, 0.2) is 6.61 Å². The number of anilines is 1. The van der Waals surface area contributed by atoms with Gasteiger partial charge in [-0.05, 0) is 36.4 Å². The van der Waals surface area contributed by atoms with Crippen LogP contribution in [0.1, 0.15) is 15.9 Å². The van der Waals surface area contributed by atoms with Crippen LogP contribution in [-0.4, -0.2) is 18.5 Å². The van der Waals surface area contributed by atoms with Crippen LogP contribution in [0.2, 0.25) is 10.0 Å².